The fraction of sp³-hybridized carbons (Fsp3) is 1.00. The molecule has 0 aromatic heterocycles. The molecule has 26 heavy (non-hydrogen) atoms. The monoisotopic (exact) mass is 368 g/mol. The number of aliphatic hydroxyl groups is 5. The Morgan fingerprint density at radius 1 is 1.08 bits per heavy atom. The van der Waals surface area contributed by atoms with Gasteiger partial charge in [-0.1, -0.05) is 20.8 Å². The largest absolute Gasteiger partial charge is 0.396 e. The van der Waals surface area contributed by atoms with Crippen molar-refractivity contribution in [2.45, 2.75) is 82.1 Å². The first-order chi connectivity index (χ1) is 11.8. The lowest BCUT2D eigenvalue weighted by Gasteiger charge is -2.65. The number of hydrogen-bond donors (Lipinski definition) is 5. The second-order valence-electron chi connectivity index (χ2n) is 10.8. The molecule has 0 radical (unpaired) electrons. The lowest BCUT2D eigenvalue weighted by Crippen LogP contribution is -2.76. The number of rotatable bonds is 2. The van der Waals surface area contributed by atoms with Gasteiger partial charge in [0.15, 0.2) is 5.79 Å². The molecule has 11 atom stereocenters. The van der Waals surface area contributed by atoms with E-state index in [1.165, 1.54) is 0 Å². The number of fused-ring (bicyclic) bond motifs is 3. The molecule has 5 rings (SSSR count). The van der Waals surface area contributed by atoms with Crippen LogP contribution >= 0.6 is 0 Å². The van der Waals surface area contributed by atoms with Gasteiger partial charge in [-0.05, 0) is 43.9 Å². The van der Waals surface area contributed by atoms with Crippen LogP contribution in [0.1, 0.15) is 53.4 Å². The summed E-state index contributed by atoms with van der Waals surface area (Å²) >= 11 is 0. The van der Waals surface area contributed by atoms with E-state index in [1.807, 2.05) is 20.8 Å². The quantitative estimate of drug-likeness (QED) is 0.482. The lowest BCUT2D eigenvalue weighted by molar-refractivity contribution is -0.305. The molecule has 2 unspecified atom stereocenters. The Labute approximate surface area is 154 Å². The third-order valence-electron chi connectivity index (χ3n) is 10.0. The van der Waals surface area contributed by atoms with Crippen molar-refractivity contribution in [1.29, 1.82) is 0 Å². The van der Waals surface area contributed by atoms with Gasteiger partial charge in [0.2, 0.25) is 0 Å². The van der Waals surface area contributed by atoms with Crippen molar-refractivity contribution in [3.63, 3.8) is 0 Å². The molecule has 148 valence electrons. The Balaban J connectivity index is 1.78. The predicted octanol–water partition coefficient (Wildman–Crippen LogP) is 0.391. The second kappa shape index (κ2) is 4.34. The van der Waals surface area contributed by atoms with Crippen molar-refractivity contribution < 1.29 is 30.3 Å². The van der Waals surface area contributed by atoms with Crippen molar-refractivity contribution in [1.82, 2.24) is 0 Å². The van der Waals surface area contributed by atoms with Crippen LogP contribution in [0.4, 0.5) is 0 Å². The van der Waals surface area contributed by atoms with Crippen LogP contribution in [-0.4, -0.2) is 60.8 Å². The van der Waals surface area contributed by atoms with Gasteiger partial charge in [0.05, 0.1) is 22.7 Å². The molecule has 5 aliphatic rings. The zero-order valence-electron chi connectivity index (χ0n) is 16.1. The molecule has 5 bridgehead atoms. The van der Waals surface area contributed by atoms with Gasteiger partial charge < -0.3 is 30.3 Å². The lowest BCUT2D eigenvalue weighted by atomic mass is 9.41. The number of aliphatic hydroxyl groups excluding tert-OH is 1. The van der Waals surface area contributed by atoms with E-state index in [0.29, 0.717) is 19.3 Å². The third kappa shape index (κ3) is 1.37. The van der Waals surface area contributed by atoms with Crippen molar-refractivity contribution in [3.8, 4) is 0 Å². The van der Waals surface area contributed by atoms with Crippen LogP contribution in [0.15, 0.2) is 0 Å². The highest BCUT2D eigenvalue weighted by Gasteiger charge is 2.92. The molecule has 6 heteroatoms. The molecule has 6 nitrogen and oxygen atoms in total. The second-order valence-corrected chi connectivity index (χ2v) is 10.8. The van der Waals surface area contributed by atoms with E-state index >= 15 is 0 Å². The molecule has 5 fully saturated rings. The molecule has 0 aromatic carbocycles. The van der Waals surface area contributed by atoms with Crippen molar-refractivity contribution in [2.75, 3.05) is 6.61 Å². The molecule has 4 saturated carbocycles. The fourth-order valence-corrected chi connectivity index (χ4v) is 8.63. The van der Waals surface area contributed by atoms with Crippen molar-refractivity contribution in [3.05, 3.63) is 0 Å². The van der Waals surface area contributed by atoms with Gasteiger partial charge in [-0.15, -0.1) is 0 Å². The van der Waals surface area contributed by atoms with Crippen molar-refractivity contribution in [2.24, 2.45) is 34.5 Å². The summed E-state index contributed by atoms with van der Waals surface area (Å²) in [6.45, 7) is 7.48. The zero-order valence-corrected chi connectivity index (χ0v) is 16.1. The van der Waals surface area contributed by atoms with Crippen LogP contribution in [-0.2, 0) is 4.74 Å². The Morgan fingerprint density at radius 3 is 2.35 bits per heavy atom. The molecule has 4 aliphatic carbocycles. The highest BCUT2D eigenvalue weighted by Crippen LogP contribution is 2.83. The van der Waals surface area contributed by atoms with Crippen LogP contribution in [0.5, 0.6) is 0 Å². The van der Waals surface area contributed by atoms with Crippen LogP contribution in [0, 0.1) is 34.5 Å². The molecule has 0 aromatic rings. The van der Waals surface area contributed by atoms with E-state index in [4.69, 9.17) is 4.74 Å². The topological polar surface area (TPSA) is 110 Å². The van der Waals surface area contributed by atoms with Crippen LogP contribution in [0.3, 0.4) is 0 Å². The maximum Gasteiger partial charge on any atom is 0.175 e. The van der Waals surface area contributed by atoms with E-state index in [2.05, 4.69) is 0 Å². The molecule has 5 N–H and O–H groups in total. The molecule has 0 amide bonds. The summed E-state index contributed by atoms with van der Waals surface area (Å²) in [4.78, 5) is 0. The van der Waals surface area contributed by atoms with Gasteiger partial charge in [0.1, 0.15) is 5.60 Å². The minimum atomic E-state index is -1.57. The predicted molar refractivity (Wildman–Crippen MR) is 91.7 cm³/mol. The van der Waals surface area contributed by atoms with E-state index in [-0.39, 0.29) is 30.8 Å². The molecule has 1 heterocycles. The molecule has 1 saturated heterocycles. The minimum absolute atomic E-state index is 0.0219. The Kier molecular flexibility index (Phi) is 2.98. The van der Waals surface area contributed by atoms with Crippen LogP contribution in [0.2, 0.25) is 0 Å². The Hall–Kier alpha value is -0.240. The summed E-state index contributed by atoms with van der Waals surface area (Å²) in [6, 6.07) is 0. The highest BCUT2D eigenvalue weighted by molar-refractivity contribution is 5.38. The van der Waals surface area contributed by atoms with Crippen LogP contribution in [0.25, 0.3) is 0 Å². The Morgan fingerprint density at radius 2 is 1.73 bits per heavy atom. The average Bonchev–Trinajstić information content (AvgIpc) is 2.93. The van der Waals surface area contributed by atoms with Gasteiger partial charge in [-0.2, -0.15) is 0 Å². The maximum atomic E-state index is 12.1. The first-order valence-electron chi connectivity index (χ1n) is 10.0. The molecule has 1 aliphatic heterocycles. The van der Waals surface area contributed by atoms with E-state index in [9.17, 15) is 25.5 Å². The molecular weight excluding hydrogens is 336 g/mol. The molecular formula is C20H32O6. The fourth-order valence-electron chi connectivity index (χ4n) is 8.63. The van der Waals surface area contributed by atoms with E-state index in [0.717, 1.165) is 0 Å². The zero-order chi connectivity index (χ0) is 19.1. The first-order valence-corrected chi connectivity index (χ1v) is 10.0. The standard InChI is InChI=1S/C20H32O6/c1-10(8-21)11-7-12-15(2)9-19(24)17(11,4)20(12,25)14(26-19)13-16(3,22)5-6-18(13,15)23/h10-14,21-25H,5-9H2,1-4H3/t10?,11-,12-,13+,14+,15-,16-,17+,18+,19?,20+/m0/s1. The summed E-state index contributed by atoms with van der Waals surface area (Å²) < 4.78 is 6.21. The SMILES string of the molecule is CC(CO)[C@@H]1C[C@@H]2[C@@]3(O)[C@@H]4OC(O)(C[C@]2(C)[C@@]2(O)CC[C@](C)(O)[C@@H]42)[C@@]13C. The number of hydrogen-bond acceptors (Lipinski definition) is 6. The highest BCUT2D eigenvalue weighted by atomic mass is 16.7. The van der Waals surface area contributed by atoms with E-state index < -0.39 is 45.4 Å². The van der Waals surface area contributed by atoms with Gasteiger partial charge >= 0.3 is 0 Å². The van der Waals surface area contributed by atoms with E-state index in [1.54, 1.807) is 6.92 Å². The van der Waals surface area contributed by atoms with Gasteiger partial charge in [-0.3, -0.25) is 0 Å². The van der Waals surface area contributed by atoms with Crippen LogP contribution < -0.4 is 0 Å². The van der Waals surface area contributed by atoms with Gasteiger partial charge in [0, 0.05) is 24.4 Å². The average molecular weight is 368 g/mol. The molecule has 0 spiro atoms. The van der Waals surface area contributed by atoms with Gasteiger partial charge in [-0.25, -0.2) is 0 Å². The summed E-state index contributed by atoms with van der Waals surface area (Å²) in [5.41, 5.74) is -5.34. The number of ether oxygens (including phenoxy) is 1. The summed E-state index contributed by atoms with van der Waals surface area (Å²) in [7, 11) is 0. The van der Waals surface area contributed by atoms with Crippen molar-refractivity contribution >= 4 is 0 Å². The maximum absolute atomic E-state index is 12.1. The Bertz CT molecular complexity index is 681. The normalized spacial score (nSPS) is 69.1. The minimum Gasteiger partial charge on any atom is -0.396 e. The third-order valence-corrected chi connectivity index (χ3v) is 10.0. The first kappa shape index (κ1) is 17.8. The van der Waals surface area contributed by atoms with Gasteiger partial charge in [0.25, 0.3) is 0 Å². The summed E-state index contributed by atoms with van der Waals surface area (Å²) in [6.07, 6.45) is 0.984. The summed E-state index contributed by atoms with van der Waals surface area (Å²) in [5.74, 6) is -2.66. The summed E-state index contributed by atoms with van der Waals surface area (Å²) in [5, 5.41) is 56.5. The smallest absolute Gasteiger partial charge is 0.175 e.